The van der Waals surface area contributed by atoms with Crippen molar-refractivity contribution in [2.75, 3.05) is 19.0 Å². The highest BCUT2D eigenvalue weighted by Crippen LogP contribution is 2.43. The molecule has 0 spiro atoms. The van der Waals surface area contributed by atoms with Crippen molar-refractivity contribution < 1.29 is 36.3 Å². The molecule has 2 aliphatic heterocycles. The average molecular weight is 552 g/mol. The number of ether oxygens (including phenoxy) is 2. The first-order valence-electron chi connectivity index (χ1n) is 11.6. The number of nitrogens with one attached hydrogen (secondary N) is 2. The summed E-state index contributed by atoms with van der Waals surface area (Å²) in [6.07, 6.45) is 0.303. The van der Waals surface area contributed by atoms with E-state index in [1.54, 1.807) is 20.8 Å². The van der Waals surface area contributed by atoms with Crippen LogP contribution in [-0.4, -0.2) is 60.4 Å². The maximum Gasteiger partial charge on any atom is 0.437 e. The number of carbonyl (C=O) groups excluding carboxylic acids is 2. The van der Waals surface area contributed by atoms with Crippen LogP contribution >= 0.6 is 0 Å². The molecule has 4 rings (SSSR count). The zero-order valence-corrected chi connectivity index (χ0v) is 21.9. The molecule has 38 heavy (non-hydrogen) atoms. The SMILES string of the molecule is CN1/C(=N/C(=O)OC(C)(C)C)N[C@@]2(c3cc(NC(=O)c4ccc(F)cn4)ccc3F)CCCOC2S1(=O)=O. The summed E-state index contributed by atoms with van der Waals surface area (Å²) in [6.45, 7) is 4.99. The molecule has 2 atom stereocenters. The third-order valence-corrected chi connectivity index (χ3v) is 7.94. The molecule has 1 aromatic heterocycles. The van der Waals surface area contributed by atoms with Gasteiger partial charge in [-0.15, -0.1) is 4.99 Å². The van der Waals surface area contributed by atoms with Gasteiger partial charge in [-0.2, -0.15) is 0 Å². The fourth-order valence-corrected chi connectivity index (χ4v) is 5.95. The Labute approximate surface area is 218 Å². The van der Waals surface area contributed by atoms with Crippen LogP contribution in [0.15, 0.2) is 41.5 Å². The van der Waals surface area contributed by atoms with Crippen LogP contribution in [-0.2, 0) is 25.0 Å². The number of rotatable bonds is 3. The quantitative estimate of drug-likeness (QED) is 0.593. The molecular formula is C24H27F2N5O6S. The first-order chi connectivity index (χ1) is 17.7. The van der Waals surface area contributed by atoms with E-state index < -0.39 is 50.2 Å². The molecule has 2 N–H and O–H groups in total. The number of fused-ring (bicyclic) bond motifs is 1. The topological polar surface area (TPSA) is 139 Å². The summed E-state index contributed by atoms with van der Waals surface area (Å²) in [5, 5.41) is 5.48. The number of benzene rings is 1. The number of sulfonamides is 1. The van der Waals surface area contributed by atoms with Gasteiger partial charge >= 0.3 is 6.09 Å². The first-order valence-corrected chi connectivity index (χ1v) is 13.2. The highest BCUT2D eigenvalue weighted by molar-refractivity contribution is 7.90. The Hall–Kier alpha value is -3.65. The largest absolute Gasteiger partial charge is 0.442 e. The highest BCUT2D eigenvalue weighted by Gasteiger charge is 2.58. The predicted octanol–water partition coefficient (Wildman–Crippen LogP) is 3.10. The highest BCUT2D eigenvalue weighted by atomic mass is 32.2. The molecular weight excluding hydrogens is 524 g/mol. The van der Waals surface area contributed by atoms with E-state index in [2.05, 4.69) is 20.6 Å². The molecule has 2 amide bonds. The molecule has 1 aromatic carbocycles. The third kappa shape index (κ3) is 5.31. The number of hydrogen-bond acceptors (Lipinski definition) is 7. The van der Waals surface area contributed by atoms with Crippen molar-refractivity contribution in [3.63, 3.8) is 0 Å². The fourth-order valence-electron chi connectivity index (χ4n) is 4.25. The Bertz CT molecular complexity index is 1390. The minimum Gasteiger partial charge on any atom is -0.442 e. The zero-order valence-electron chi connectivity index (χ0n) is 21.1. The van der Waals surface area contributed by atoms with Gasteiger partial charge in [0, 0.05) is 24.9 Å². The van der Waals surface area contributed by atoms with Crippen LogP contribution in [0.4, 0.5) is 19.3 Å². The Morgan fingerprint density at radius 3 is 2.66 bits per heavy atom. The summed E-state index contributed by atoms with van der Waals surface area (Å²) in [5.74, 6) is -2.45. The van der Waals surface area contributed by atoms with E-state index in [1.807, 2.05) is 0 Å². The van der Waals surface area contributed by atoms with E-state index in [0.29, 0.717) is 6.42 Å². The van der Waals surface area contributed by atoms with Gasteiger partial charge in [-0.1, -0.05) is 0 Å². The van der Waals surface area contributed by atoms with Crippen LogP contribution in [0.2, 0.25) is 0 Å². The van der Waals surface area contributed by atoms with E-state index in [1.165, 1.54) is 25.2 Å². The van der Waals surface area contributed by atoms with Gasteiger partial charge < -0.3 is 20.1 Å². The molecule has 2 fully saturated rings. The molecule has 14 heteroatoms. The average Bonchev–Trinajstić information content (AvgIpc) is 2.83. The van der Waals surface area contributed by atoms with E-state index in [-0.39, 0.29) is 35.9 Å². The Kier molecular flexibility index (Phi) is 7.14. The van der Waals surface area contributed by atoms with Crippen molar-refractivity contribution >= 4 is 33.7 Å². The van der Waals surface area contributed by atoms with Crippen molar-refractivity contribution in [2.45, 2.75) is 50.2 Å². The molecule has 0 bridgehead atoms. The van der Waals surface area contributed by atoms with E-state index in [4.69, 9.17) is 9.47 Å². The number of halogens is 2. The predicted molar refractivity (Wildman–Crippen MR) is 133 cm³/mol. The molecule has 2 saturated heterocycles. The van der Waals surface area contributed by atoms with Crippen molar-refractivity contribution in [3.05, 3.63) is 59.4 Å². The lowest BCUT2D eigenvalue weighted by molar-refractivity contribution is -0.0120. The summed E-state index contributed by atoms with van der Waals surface area (Å²) in [5.41, 5.74) is -4.23. The molecule has 0 radical (unpaired) electrons. The summed E-state index contributed by atoms with van der Waals surface area (Å²) in [7, 11) is -3.11. The van der Waals surface area contributed by atoms with Gasteiger partial charge in [0.1, 0.15) is 28.5 Å². The monoisotopic (exact) mass is 551 g/mol. The number of pyridine rings is 1. The van der Waals surface area contributed by atoms with Gasteiger partial charge in [0.25, 0.3) is 15.9 Å². The molecule has 204 valence electrons. The first kappa shape index (κ1) is 27.4. The number of amides is 2. The van der Waals surface area contributed by atoms with Gasteiger partial charge in [0.15, 0.2) is 0 Å². The van der Waals surface area contributed by atoms with Gasteiger partial charge in [-0.05, 0) is 63.9 Å². The van der Waals surface area contributed by atoms with Gasteiger partial charge in [-0.3, -0.25) is 4.79 Å². The molecule has 0 saturated carbocycles. The van der Waals surface area contributed by atoms with Crippen LogP contribution in [0.25, 0.3) is 0 Å². The molecule has 2 aromatic rings. The minimum atomic E-state index is -4.30. The maximum absolute atomic E-state index is 15.4. The third-order valence-electron chi connectivity index (χ3n) is 5.93. The van der Waals surface area contributed by atoms with Gasteiger partial charge in [-0.25, -0.2) is 31.3 Å². The number of nitrogens with zero attached hydrogens (tertiary/aromatic N) is 3. The Balaban J connectivity index is 1.76. The minimum absolute atomic E-state index is 0.0823. The fraction of sp³-hybridized carbons (Fsp3) is 0.417. The van der Waals surface area contributed by atoms with Gasteiger partial charge in [0.05, 0.1) is 6.20 Å². The lowest BCUT2D eigenvalue weighted by Crippen LogP contribution is -2.69. The normalized spacial score (nSPS) is 23.8. The van der Waals surface area contributed by atoms with E-state index in [9.17, 15) is 22.4 Å². The summed E-state index contributed by atoms with van der Waals surface area (Å²) in [6, 6.07) is 5.88. The number of anilines is 1. The number of aromatic nitrogens is 1. The zero-order chi connectivity index (χ0) is 27.9. The van der Waals surface area contributed by atoms with Crippen LogP contribution in [0.1, 0.15) is 49.7 Å². The summed E-state index contributed by atoms with van der Waals surface area (Å²) >= 11 is 0. The maximum atomic E-state index is 15.4. The number of hydrogen-bond donors (Lipinski definition) is 2. The Morgan fingerprint density at radius 2 is 2.00 bits per heavy atom. The van der Waals surface area contributed by atoms with Crippen molar-refractivity contribution in [3.8, 4) is 0 Å². The standard InChI is InChI=1S/C24H27F2N5O6S/c1-23(2,3)37-22(33)29-21-30-24(10-5-11-36-20(24)38(34,35)31(21)4)16-12-15(7-8-17(16)26)28-19(32)18-9-6-14(25)13-27-18/h6-9,12-13,20H,5,10-11H2,1-4H3,(H,28,32)(H,29,30,33)/t20?,24-/m1/s1. The second-order valence-electron chi connectivity index (χ2n) is 9.84. The molecule has 2 aliphatic rings. The van der Waals surface area contributed by atoms with Crippen LogP contribution in [0.3, 0.4) is 0 Å². The number of guanidine groups is 1. The molecule has 0 aliphatic carbocycles. The van der Waals surface area contributed by atoms with Crippen LogP contribution in [0, 0.1) is 11.6 Å². The molecule has 11 nitrogen and oxygen atoms in total. The number of carbonyl (C=O) groups is 2. The lowest BCUT2D eigenvalue weighted by Gasteiger charge is -2.50. The Morgan fingerprint density at radius 1 is 1.26 bits per heavy atom. The van der Waals surface area contributed by atoms with Crippen molar-refractivity contribution in [2.24, 2.45) is 4.99 Å². The van der Waals surface area contributed by atoms with Crippen LogP contribution in [0.5, 0.6) is 0 Å². The lowest BCUT2D eigenvalue weighted by atomic mass is 9.83. The van der Waals surface area contributed by atoms with E-state index in [0.717, 1.165) is 22.6 Å². The second kappa shape index (κ2) is 9.91. The van der Waals surface area contributed by atoms with Gasteiger partial charge in [0.2, 0.25) is 11.4 Å². The smallest absolute Gasteiger partial charge is 0.437 e. The summed E-state index contributed by atoms with van der Waals surface area (Å²) in [4.78, 5) is 32.6. The van der Waals surface area contributed by atoms with Crippen molar-refractivity contribution in [1.82, 2.24) is 14.6 Å². The molecule has 1 unspecified atom stereocenters. The van der Waals surface area contributed by atoms with Crippen LogP contribution < -0.4 is 10.6 Å². The van der Waals surface area contributed by atoms with E-state index >= 15 is 4.39 Å². The molecule has 3 heterocycles. The second-order valence-corrected chi connectivity index (χ2v) is 11.8. The van der Waals surface area contributed by atoms with Crippen molar-refractivity contribution in [1.29, 1.82) is 0 Å². The number of aliphatic imine (C=N–C) groups is 1. The summed E-state index contributed by atoms with van der Waals surface area (Å²) < 4.78 is 67.1.